The highest BCUT2D eigenvalue weighted by Gasteiger charge is 2.10. The molecule has 2 heterocycles. The van der Waals surface area contributed by atoms with Crippen LogP contribution < -0.4 is 10.5 Å². The lowest BCUT2D eigenvalue weighted by Gasteiger charge is -2.04. The van der Waals surface area contributed by atoms with Crippen LogP contribution in [0, 0.1) is 0 Å². The van der Waals surface area contributed by atoms with Gasteiger partial charge in [-0.3, -0.25) is 0 Å². The van der Waals surface area contributed by atoms with Crippen molar-refractivity contribution in [1.29, 1.82) is 0 Å². The summed E-state index contributed by atoms with van der Waals surface area (Å²) in [6, 6.07) is 10.9. The van der Waals surface area contributed by atoms with Crippen LogP contribution in [-0.2, 0) is 0 Å². The molecular weight excluding hydrogens is 278 g/mol. The van der Waals surface area contributed by atoms with E-state index in [4.69, 9.17) is 22.1 Å². The number of fused-ring (bicyclic) bond motifs is 1. The summed E-state index contributed by atoms with van der Waals surface area (Å²) in [4.78, 5) is 0. The Labute approximate surface area is 120 Å². The number of hydrogen-bond donors (Lipinski definition) is 1. The van der Waals surface area contributed by atoms with E-state index in [1.165, 1.54) is 0 Å². The van der Waals surface area contributed by atoms with Gasteiger partial charge in [-0.2, -0.15) is 4.52 Å². The smallest absolute Gasteiger partial charge is 0.231 e. The van der Waals surface area contributed by atoms with Crippen LogP contribution in [0.25, 0.3) is 17.0 Å². The van der Waals surface area contributed by atoms with Gasteiger partial charge in [-0.05, 0) is 30.3 Å². The fourth-order valence-electron chi connectivity index (χ4n) is 1.79. The first kappa shape index (κ1) is 12.8. The van der Waals surface area contributed by atoms with Crippen LogP contribution in [0.4, 0.5) is 0 Å². The van der Waals surface area contributed by atoms with Crippen molar-refractivity contribution in [3.8, 4) is 17.3 Å². The molecular formula is C13H12ClN5O. The highest BCUT2D eigenvalue weighted by atomic mass is 35.5. The zero-order chi connectivity index (χ0) is 13.9. The number of halogens is 1. The summed E-state index contributed by atoms with van der Waals surface area (Å²) in [5.74, 6) is 1.12. The summed E-state index contributed by atoms with van der Waals surface area (Å²) in [5.41, 5.74) is 6.94. The molecule has 0 unspecified atom stereocenters. The molecule has 7 heteroatoms. The third-order valence-corrected chi connectivity index (χ3v) is 2.96. The number of aromatic nitrogens is 4. The van der Waals surface area contributed by atoms with Gasteiger partial charge in [0.05, 0.1) is 0 Å². The second kappa shape index (κ2) is 5.44. The van der Waals surface area contributed by atoms with E-state index in [1.807, 2.05) is 12.1 Å². The van der Waals surface area contributed by atoms with E-state index in [1.54, 1.807) is 28.8 Å². The van der Waals surface area contributed by atoms with Gasteiger partial charge in [0.25, 0.3) is 0 Å². The van der Waals surface area contributed by atoms with Crippen molar-refractivity contribution in [3.63, 3.8) is 0 Å². The van der Waals surface area contributed by atoms with Gasteiger partial charge in [-0.25, -0.2) is 0 Å². The summed E-state index contributed by atoms with van der Waals surface area (Å²) < 4.78 is 7.04. The molecule has 2 N–H and O–H groups in total. The predicted octanol–water partition coefficient (Wildman–Crippen LogP) is 1.78. The van der Waals surface area contributed by atoms with Crippen molar-refractivity contribution < 1.29 is 4.74 Å². The maximum atomic E-state index is 5.88. The number of rotatable bonds is 4. The summed E-state index contributed by atoms with van der Waals surface area (Å²) in [5, 5.41) is 13.2. The van der Waals surface area contributed by atoms with E-state index in [-0.39, 0.29) is 0 Å². The molecule has 0 bridgehead atoms. The zero-order valence-corrected chi connectivity index (χ0v) is 11.3. The van der Waals surface area contributed by atoms with Gasteiger partial charge < -0.3 is 10.5 Å². The number of ether oxygens (including phenoxy) is 1. The molecule has 0 saturated carbocycles. The monoisotopic (exact) mass is 289 g/mol. The Morgan fingerprint density at radius 1 is 1.10 bits per heavy atom. The summed E-state index contributed by atoms with van der Waals surface area (Å²) in [6.45, 7) is 0.850. The molecule has 0 fully saturated rings. The molecule has 3 aromatic rings. The molecule has 3 rings (SSSR count). The van der Waals surface area contributed by atoms with Gasteiger partial charge in [0.1, 0.15) is 6.61 Å². The van der Waals surface area contributed by atoms with Gasteiger partial charge >= 0.3 is 0 Å². The van der Waals surface area contributed by atoms with Crippen LogP contribution in [0.3, 0.4) is 0 Å². The van der Waals surface area contributed by atoms with E-state index < -0.39 is 0 Å². The molecule has 0 amide bonds. The first-order valence-electron chi connectivity index (χ1n) is 6.09. The van der Waals surface area contributed by atoms with Crippen molar-refractivity contribution in [2.45, 2.75) is 0 Å². The van der Waals surface area contributed by atoms with E-state index >= 15 is 0 Å². The maximum absolute atomic E-state index is 5.88. The van der Waals surface area contributed by atoms with Crippen molar-refractivity contribution in [1.82, 2.24) is 19.8 Å². The number of nitrogens with zero attached hydrogens (tertiary/aromatic N) is 4. The third-order valence-electron chi connectivity index (χ3n) is 2.71. The Hall–Kier alpha value is -2.18. The topological polar surface area (TPSA) is 78.3 Å². The molecule has 0 aliphatic rings. The van der Waals surface area contributed by atoms with Crippen LogP contribution in [0.2, 0.25) is 5.02 Å². The highest BCUT2D eigenvalue weighted by Crippen LogP contribution is 2.20. The lowest BCUT2D eigenvalue weighted by Crippen LogP contribution is -2.12. The molecule has 0 spiro atoms. The molecule has 0 saturated heterocycles. The Morgan fingerprint density at radius 3 is 2.65 bits per heavy atom. The van der Waals surface area contributed by atoms with Crippen LogP contribution in [0.1, 0.15) is 0 Å². The number of nitrogens with two attached hydrogens (primary N) is 1. The molecule has 1 aromatic carbocycles. The zero-order valence-electron chi connectivity index (χ0n) is 10.5. The Balaban J connectivity index is 2.04. The molecule has 2 aromatic heterocycles. The van der Waals surface area contributed by atoms with E-state index in [9.17, 15) is 0 Å². The molecule has 0 radical (unpaired) electrons. The Bertz CT molecular complexity index is 725. The van der Waals surface area contributed by atoms with Gasteiger partial charge in [0.2, 0.25) is 5.88 Å². The van der Waals surface area contributed by atoms with Crippen LogP contribution >= 0.6 is 11.6 Å². The standard InChI is InChI=1S/C13H12ClN5O/c14-10-3-1-9(2-4-10)13-17-16-11-5-6-12(18-19(11)13)20-8-7-15/h1-6H,7-8,15H2. The normalized spacial score (nSPS) is 10.9. The first-order valence-corrected chi connectivity index (χ1v) is 6.47. The van der Waals surface area contributed by atoms with Crippen LogP contribution in [0.15, 0.2) is 36.4 Å². The largest absolute Gasteiger partial charge is 0.475 e. The van der Waals surface area contributed by atoms with Crippen molar-refractivity contribution in [3.05, 3.63) is 41.4 Å². The fourth-order valence-corrected chi connectivity index (χ4v) is 1.92. The minimum absolute atomic E-state index is 0.414. The summed E-state index contributed by atoms with van der Waals surface area (Å²) in [6.07, 6.45) is 0. The van der Waals surface area contributed by atoms with Gasteiger partial charge in [0.15, 0.2) is 11.5 Å². The highest BCUT2D eigenvalue weighted by molar-refractivity contribution is 6.30. The van der Waals surface area contributed by atoms with E-state index in [0.29, 0.717) is 35.5 Å². The third kappa shape index (κ3) is 2.43. The average molecular weight is 290 g/mol. The molecule has 20 heavy (non-hydrogen) atoms. The minimum Gasteiger partial charge on any atom is -0.475 e. The lowest BCUT2D eigenvalue weighted by molar-refractivity contribution is 0.310. The van der Waals surface area contributed by atoms with Gasteiger partial charge in [0, 0.05) is 23.2 Å². The lowest BCUT2D eigenvalue weighted by atomic mass is 10.2. The quantitative estimate of drug-likeness (QED) is 0.792. The Morgan fingerprint density at radius 2 is 1.90 bits per heavy atom. The summed E-state index contributed by atoms with van der Waals surface area (Å²) >= 11 is 5.88. The molecule has 0 aliphatic heterocycles. The molecule has 0 atom stereocenters. The summed E-state index contributed by atoms with van der Waals surface area (Å²) in [7, 11) is 0. The maximum Gasteiger partial charge on any atom is 0.231 e. The van der Waals surface area contributed by atoms with Crippen molar-refractivity contribution >= 4 is 17.2 Å². The van der Waals surface area contributed by atoms with Gasteiger partial charge in [-0.1, -0.05) is 11.6 Å². The van der Waals surface area contributed by atoms with E-state index in [0.717, 1.165) is 5.56 Å². The van der Waals surface area contributed by atoms with Crippen molar-refractivity contribution in [2.24, 2.45) is 5.73 Å². The van der Waals surface area contributed by atoms with Crippen LogP contribution in [-0.4, -0.2) is 33.0 Å². The second-order valence-electron chi connectivity index (χ2n) is 4.11. The fraction of sp³-hybridized carbons (Fsp3) is 0.154. The number of hydrogen-bond acceptors (Lipinski definition) is 5. The SMILES string of the molecule is NCCOc1ccc2nnc(-c3ccc(Cl)cc3)n2n1. The van der Waals surface area contributed by atoms with Crippen LogP contribution in [0.5, 0.6) is 5.88 Å². The Kier molecular flexibility index (Phi) is 3.49. The first-order chi connectivity index (χ1) is 9.78. The minimum atomic E-state index is 0.414. The van der Waals surface area contributed by atoms with Crippen molar-refractivity contribution in [2.75, 3.05) is 13.2 Å². The van der Waals surface area contributed by atoms with E-state index in [2.05, 4.69) is 15.3 Å². The molecule has 6 nitrogen and oxygen atoms in total. The molecule has 0 aliphatic carbocycles. The molecule has 102 valence electrons. The number of benzene rings is 1. The average Bonchev–Trinajstić information content (AvgIpc) is 2.89. The predicted molar refractivity (Wildman–Crippen MR) is 75.8 cm³/mol. The second-order valence-corrected chi connectivity index (χ2v) is 4.55. The van der Waals surface area contributed by atoms with Gasteiger partial charge in [-0.15, -0.1) is 15.3 Å².